The highest BCUT2D eigenvalue weighted by molar-refractivity contribution is 7.99. The Morgan fingerprint density at radius 2 is 2.00 bits per heavy atom. The summed E-state index contributed by atoms with van der Waals surface area (Å²) in [6, 6.07) is 6.34. The molecule has 0 bridgehead atoms. The van der Waals surface area contributed by atoms with Crippen molar-refractivity contribution in [2.75, 3.05) is 32.4 Å². The molecule has 0 aromatic heterocycles. The number of nitrogens with zero attached hydrogens (tertiary/aromatic N) is 1. The molecule has 0 radical (unpaired) electrons. The Balaban J connectivity index is 0.00000200. The van der Waals surface area contributed by atoms with E-state index in [0.29, 0.717) is 6.04 Å². The van der Waals surface area contributed by atoms with Crippen LogP contribution in [0, 0.1) is 0 Å². The van der Waals surface area contributed by atoms with E-state index < -0.39 is 0 Å². The summed E-state index contributed by atoms with van der Waals surface area (Å²) >= 11 is 13.9. The summed E-state index contributed by atoms with van der Waals surface area (Å²) in [4.78, 5) is 3.61. The molecule has 1 aliphatic heterocycles. The van der Waals surface area contributed by atoms with Gasteiger partial charge in [0.15, 0.2) is 0 Å². The van der Waals surface area contributed by atoms with E-state index >= 15 is 0 Å². The molecule has 20 heavy (non-hydrogen) atoms. The monoisotopic (exact) mass is 354 g/mol. The number of rotatable bonds is 5. The molecule has 0 aliphatic carbocycles. The van der Waals surface area contributed by atoms with Crippen molar-refractivity contribution in [2.45, 2.75) is 23.8 Å². The molecule has 1 heterocycles. The summed E-state index contributed by atoms with van der Waals surface area (Å²) in [6.07, 6.45) is 2.50. The van der Waals surface area contributed by atoms with Crippen LogP contribution in [0.1, 0.15) is 12.8 Å². The van der Waals surface area contributed by atoms with Gasteiger partial charge in [0, 0.05) is 28.3 Å². The number of nitrogens with one attached hydrogen (secondary N) is 1. The van der Waals surface area contributed by atoms with Crippen LogP contribution in [0.4, 0.5) is 0 Å². The lowest BCUT2D eigenvalue weighted by molar-refractivity contribution is 0.212. The van der Waals surface area contributed by atoms with Gasteiger partial charge in [0.05, 0.1) is 5.02 Å². The largest absolute Gasteiger partial charge is 0.317 e. The molecule has 0 saturated carbocycles. The molecule has 0 spiro atoms. The maximum atomic E-state index is 6.15. The normalized spacial score (nSPS) is 16.9. The first-order chi connectivity index (χ1) is 9.19. The van der Waals surface area contributed by atoms with Crippen molar-refractivity contribution in [3.8, 4) is 0 Å². The number of thioether (sulfide) groups is 1. The van der Waals surface area contributed by atoms with Crippen LogP contribution >= 0.6 is 47.4 Å². The highest BCUT2D eigenvalue weighted by Gasteiger charge is 2.17. The van der Waals surface area contributed by atoms with Gasteiger partial charge in [-0.15, -0.1) is 24.2 Å². The van der Waals surface area contributed by atoms with Crippen molar-refractivity contribution in [1.29, 1.82) is 0 Å². The van der Waals surface area contributed by atoms with Gasteiger partial charge in [-0.1, -0.05) is 23.2 Å². The highest BCUT2D eigenvalue weighted by Crippen LogP contribution is 2.29. The molecule has 0 atom stereocenters. The fourth-order valence-corrected chi connectivity index (χ4v) is 3.82. The van der Waals surface area contributed by atoms with Crippen LogP contribution in [-0.4, -0.2) is 43.4 Å². The third kappa shape index (κ3) is 5.63. The molecule has 1 fully saturated rings. The molecule has 2 rings (SSSR count). The second kappa shape index (κ2) is 9.39. The third-order valence-electron chi connectivity index (χ3n) is 3.55. The summed E-state index contributed by atoms with van der Waals surface area (Å²) < 4.78 is 0. The fraction of sp³-hybridized carbons (Fsp3) is 0.571. The lowest BCUT2D eigenvalue weighted by atomic mass is 10.1. The van der Waals surface area contributed by atoms with Crippen LogP contribution in [-0.2, 0) is 0 Å². The number of hydrogen-bond donors (Lipinski definition) is 1. The predicted octanol–water partition coefficient (Wildman–Crippen LogP) is 4.19. The summed E-state index contributed by atoms with van der Waals surface area (Å²) in [7, 11) is 2.05. The summed E-state index contributed by atoms with van der Waals surface area (Å²) in [6.45, 7) is 3.49. The number of halogens is 3. The van der Waals surface area contributed by atoms with Crippen molar-refractivity contribution in [2.24, 2.45) is 0 Å². The summed E-state index contributed by atoms with van der Waals surface area (Å²) in [5.41, 5.74) is 0. The fourth-order valence-electron chi connectivity index (χ4n) is 2.32. The lowest BCUT2D eigenvalue weighted by Gasteiger charge is -2.31. The van der Waals surface area contributed by atoms with Crippen molar-refractivity contribution in [3.05, 3.63) is 28.2 Å². The second-order valence-electron chi connectivity index (χ2n) is 4.83. The minimum absolute atomic E-state index is 0. The van der Waals surface area contributed by atoms with Crippen LogP contribution in [0.5, 0.6) is 0 Å². The molecule has 6 heteroatoms. The van der Waals surface area contributed by atoms with Gasteiger partial charge in [-0.2, -0.15) is 0 Å². The van der Waals surface area contributed by atoms with Crippen LogP contribution in [0.15, 0.2) is 23.1 Å². The third-order valence-corrected chi connectivity index (χ3v) is 5.27. The molecule has 1 aromatic rings. The first-order valence-corrected chi connectivity index (χ1v) is 8.40. The maximum absolute atomic E-state index is 6.15. The van der Waals surface area contributed by atoms with Gasteiger partial charge in [0.2, 0.25) is 0 Å². The molecule has 0 unspecified atom stereocenters. The zero-order valence-electron chi connectivity index (χ0n) is 11.6. The number of piperidine rings is 1. The second-order valence-corrected chi connectivity index (χ2v) is 6.81. The average molecular weight is 356 g/mol. The van der Waals surface area contributed by atoms with Crippen LogP contribution in [0.2, 0.25) is 10.0 Å². The molecule has 1 aromatic carbocycles. The standard InChI is InChI=1S/C14H20Cl2N2S.ClH/c1-17-12-4-6-18(7-5-12)8-9-19-14-10-11(15)2-3-13(14)16;/h2-3,10,12,17H,4-9H2,1H3;1H. The Morgan fingerprint density at radius 3 is 2.65 bits per heavy atom. The Hall–Kier alpha value is 0.360. The Labute approximate surface area is 142 Å². The van der Waals surface area contributed by atoms with E-state index in [1.807, 2.05) is 18.2 Å². The molecule has 114 valence electrons. The zero-order valence-corrected chi connectivity index (χ0v) is 14.7. The minimum Gasteiger partial charge on any atom is -0.317 e. The quantitative estimate of drug-likeness (QED) is 0.797. The summed E-state index contributed by atoms with van der Waals surface area (Å²) in [5.74, 6) is 1.06. The molecule has 1 N–H and O–H groups in total. The van der Waals surface area contributed by atoms with Gasteiger partial charge in [-0.3, -0.25) is 0 Å². The van der Waals surface area contributed by atoms with Crippen molar-refractivity contribution in [3.63, 3.8) is 0 Å². The maximum Gasteiger partial charge on any atom is 0.0542 e. The number of benzene rings is 1. The molecular weight excluding hydrogens is 335 g/mol. The Morgan fingerprint density at radius 1 is 1.30 bits per heavy atom. The van der Waals surface area contributed by atoms with Crippen molar-refractivity contribution < 1.29 is 0 Å². The highest BCUT2D eigenvalue weighted by atomic mass is 35.5. The van der Waals surface area contributed by atoms with E-state index in [1.165, 1.54) is 25.9 Å². The van der Waals surface area contributed by atoms with Crippen molar-refractivity contribution >= 4 is 47.4 Å². The SMILES string of the molecule is CNC1CCN(CCSc2cc(Cl)ccc2Cl)CC1.Cl. The van der Waals surface area contributed by atoms with Crippen LogP contribution in [0.25, 0.3) is 0 Å². The zero-order chi connectivity index (χ0) is 13.7. The molecule has 1 aliphatic rings. The van der Waals surface area contributed by atoms with Gasteiger partial charge in [-0.05, 0) is 51.2 Å². The number of hydrogen-bond acceptors (Lipinski definition) is 3. The first kappa shape index (κ1) is 18.4. The van der Waals surface area contributed by atoms with Crippen LogP contribution < -0.4 is 5.32 Å². The Kier molecular flexibility index (Phi) is 8.64. The van der Waals surface area contributed by atoms with E-state index in [-0.39, 0.29) is 12.4 Å². The van der Waals surface area contributed by atoms with Gasteiger partial charge in [0.1, 0.15) is 0 Å². The molecular formula is C14H21Cl3N2S. The van der Waals surface area contributed by atoms with E-state index in [1.54, 1.807) is 11.8 Å². The van der Waals surface area contributed by atoms with Gasteiger partial charge < -0.3 is 10.2 Å². The topological polar surface area (TPSA) is 15.3 Å². The lowest BCUT2D eigenvalue weighted by Crippen LogP contribution is -2.41. The first-order valence-electron chi connectivity index (χ1n) is 6.66. The molecule has 1 saturated heterocycles. The van der Waals surface area contributed by atoms with E-state index in [4.69, 9.17) is 23.2 Å². The van der Waals surface area contributed by atoms with Gasteiger partial charge in [-0.25, -0.2) is 0 Å². The minimum atomic E-state index is 0. The Bertz CT molecular complexity index is 409. The van der Waals surface area contributed by atoms with E-state index in [2.05, 4.69) is 17.3 Å². The van der Waals surface area contributed by atoms with E-state index in [9.17, 15) is 0 Å². The predicted molar refractivity (Wildman–Crippen MR) is 93.0 cm³/mol. The van der Waals surface area contributed by atoms with Gasteiger partial charge in [0.25, 0.3) is 0 Å². The molecule has 2 nitrogen and oxygen atoms in total. The summed E-state index contributed by atoms with van der Waals surface area (Å²) in [5, 5.41) is 4.90. The van der Waals surface area contributed by atoms with E-state index in [0.717, 1.165) is 27.2 Å². The van der Waals surface area contributed by atoms with Crippen molar-refractivity contribution in [1.82, 2.24) is 10.2 Å². The molecule has 0 amide bonds. The van der Waals surface area contributed by atoms with Crippen LogP contribution in [0.3, 0.4) is 0 Å². The number of likely N-dealkylation sites (tertiary alicyclic amines) is 1. The average Bonchev–Trinajstić information content (AvgIpc) is 2.43. The smallest absolute Gasteiger partial charge is 0.0542 e. The van der Waals surface area contributed by atoms with Gasteiger partial charge >= 0.3 is 0 Å².